The van der Waals surface area contributed by atoms with Crippen molar-refractivity contribution in [1.82, 2.24) is 0 Å². The van der Waals surface area contributed by atoms with Crippen molar-refractivity contribution in [1.29, 1.82) is 0 Å². The van der Waals surface area contributed by atoms with Crippen LogP contribution in [0.25, 0.3) is 0 Å². The number of carbonyl (C=O) groups excluding carboxylic acids is 1. The van der Waals surface area contributed by atoms with Crippen molar-refractivity contribution in [3.8, 4) is 5.75 Å². The van der Waals surface area contributed by atoms with Gasteiger partial charge in [0.15, 0.2) is 0 Å². The Bertz CT molecular complexity index is 411. The van der Waals surface area contributed by atoms with E-state index in [4.69, 9.17) is 16.3 Å². The maximum atomic E-state index is 11.1. The predicted molar refractivity (Wildman–Crippen MR) is 68.7 cm³/mol. The number of benzene rings is 1. The average molecular weight is 253 g/mol. The van der Waals surface area contributed by atoms with Gasteiger partial charge in [-0.05, 0) is 49.4 Å². The smallest absolute Gasteiger partial charge is 0.134 e. The van der Waals surface area contributed by atoms with Crippen LogP contribution in [0.15, 0.2) is 18.2 Å². The first-order valence-corrected chi connectivity index (χ1v) is 6.43. The van der Waals surface area contributed by atoms with Crippen LogP contribution in [0.1, 0.15) is 31.7 Å². The van der Waals surface area contributed by atoms with E-state index in [1.807, 2.05) is 18.2 Å². The van der Waals surface area contributed by atoms with Gasteiger partial charge in [0.25, 0.3) is 0 Å². The molecule has 0 aromatic heterocycles. The summed E-state index contributed by atoms with van der Waals surface area (Å²) in [5.41, 5.74) is 0.925. The van der Waals surface area contributed by atoms with Crippen molar-refractivity contribution in [3.63, 3.8) is 0 Å². The number of ether oxygens (including phenoxy) is 1. The SMILES string of the molecule is CC(=O)Cc1cc(Cl)cc(OCC2CCC2)c1. The molecule has 0 bridgehead atoms. The van der Waals surface area contributed by atoms with Crippen molar-refractivity contribution in [2.75, 3.05) is 6.61 Å². The minimum Gasteiger partial charge on any atom is -0.493 e. The third-order valence-electron chi connectivity index (χ3n) is 3.09. The van der Waals surface area contributed by atoms with Crippen LogP contribution < -0.4 is 4.74 Å². The molecule has 0 heterocycles. The normalized spacial score (nSPS) is 15.4. The van der Waals surface area contributed by atoms with Crippen LogP contribution in [0.4, 0.5) is 0 Å². The first kappa shape index (κ1) is 12.4. The Morgan fingerprint density at radius 2 is 2.18 bits per heavy atom. The highest BCUT2D eigenvalue weighted by atomic mass is 35.5. The van der Waals surface area contributed by atoms with Gasteiger partial charge in [-0.3, -0.25) is 4.79 Å². The van der Waals surface area contributed by atoms with E-state index in [0.717, 1.165) is 17.9 Å². The highest BCUT2D eigenvalue weighted by Gasteiger charge is 2.18. The van der Waals surface area contributed by atoms with Gasteiger partial charge in [0.05, 0.1) is 6.61 Å². The molecule has 1 saturated carbocycles. The van der Waals surface area contributed by atoms with Crippen LogP contribution in [0.2, 0.25) is 5.02 Å². The standard InChI is InChI=1S/C14H17ClO2/c1-10(16)5-12-6-13(15)8-14(7-12)17-9-11-3-2-4-11/h6-8,11H,2-5,9H2,1H3. The van der Waals surface area contributed by atoms with E-state index in [-0.39, 0.29) is 5.78 Å². The summed E-state index contributed by atoms with van der Waals surface area (Å²) in [7, 11) is 0. The average Bonchev–Trinajstić information content (AvgIpc) is 2.12. The summed E-state index contributed by atoms with van der Waals surface area (Å²) in [5.74, 6) is 1.61. The Kier molecular flexibility index (Phi) is 4.06. The van der Waals surface area contributed by atoms with Gasteiger partial charge in [0.2, 0.25) is 0 Å². The van der Waals surface area contributed by atoms with E-state index in [1.165, 1.54) is 19.3 Å². The number of hydrogen-bond donors (Lipinski definition) is 0. The van der Waals surface area contributed by atoms with Gasteiger partial charge in [-0.15, -0.1) is 0 Å². The maximum absolute atomic E-state index is 11.1. The predicted octanol–water partition coefficient (Wildman–Crippen LogP) is 3.65. The molecule has 1 aliphatic rings. The highest BCUT2D eigenvalue weighted by Crippen LogP contribution is 2.28. The molecule has 0 radical (unpaired) electrons. The second-order valence-corrected chi connectivity index (χ2v) is 5.22. The Morgan fingerprint density at radius 3 is 2.76 bits per heavy atom. The topological polar surface area (TPSA) is 26.3 Å². The lowest BCUT2D eigenvalue weighted by Crippen LogP contribution is -2.19. The fraction of sp³-hybridized carbons (Fsp3) is 0.500. The van der Waals surface area contributed by atoms with Crippen molar-refractivity contribution in [3.05, 3.63) is 28.8 Å². The molecule has 0 atom stereocenters. The van der Waals surface area contributed by atoms with Crippen molar-refractivity contribution < 1.29 is 9.53 Å². The molecule has 0 aliphatic heterocycles. The van der Waals surface area contributed by atoms with E-state index >= 15 is 0 Å². The van der Waals surface area contributed by atoms with Gasteiger partial charge in [-0.25, -0.2) is 0 Å². The zero-order valence-electron chi connectivity index (χ0n) is 10.0. The number of Topliss-reactive ketones (excluding diaryl/α,β-unsaturated/α-hetero) is 1. The van der Waals surface area contributed by atoms with Crippen LogP contribution >= 0.6 is 11.6 Å². The summed E-state index contributed by atoms with van der Waals surface area (Å²) < 4.78 is 5.72. The van der Waals surface area contributed by atoms with Gasteiger partial charge >= 0.3 is 0 Å². The van der Waals surface area contributed by atoms with Crippen LogP contribution in [0.3, 0.4) is 0 Å². The number of carbonyl (C=O) groups is 1. The quantitative estimate of drug-likeness (QED) is 0.800. The first-order valence-electron chi connectivity index (χ1n) is 6.05. The molecule has 0 amide bonds. The van der Waals surface area contributed by atoms with Crippen molar-refractivity contribution in [2.24, 2.45) is 5.92 Å². The molecule has 3 heteroatoms. The Morgan fingerprint density at radius 1 is 1.41 bits per heavy atom. The molecule has 2 nitrogen and oxygen atoms in total. The number of halogens is 1. The van der Waals surface area contributed by atoms with Gasteiger partial charge in [0.1, 0.15) is 11.5 Å². The summed E-state index contributed by atoms with van der Waals surface area (Å²) in [6.07, 6.45) is 4.27. The minimum atomic E-state index is 0.136. The summed E-state index contributed by atoms with van der Waals surface area (Å²) in [6.45, 7) is 2.34. The molecule has 17 heavy (non-hydrogen) atoms. The van der Waals surface area contributed by atoms with Crippen LogP contribution in [-0.2, 0) is 11.2 Å². The lowest BCUT2D eigenvalue weighted by molar-refractivity contribution is -0.116. The number of ketones is 1. The van der Waals surface area contributed by atoms with Crippen LogP contribution in [-0.4, -0.2) is 12.4 Å². The zero-order valence-corrected chi connectivity index (χ0v) is 10.8. The number of rotatable bonds is 5. The lowest BCUT2D eigenvalue weighted by Gasteiger charge is -2.25. The third-order valence-corrected chi connectivity index (χ3v) is 3.31. The Labute approximate surface area is 107 Å². The van der Waals surface area contributed by atoms with Crippen LogP contribution in [0.5, 0.6) is 5.75 Å². The molecule has 1 aromatic carbocycles. The third kappa shape index (κ3) is 3.74. The van der Waals surface area contributed by atoms with E-state index in [9.17, 15) is 4.79 Å². The van der Waals surface area contributed by atoms with Gasteiger partial charge in [-0.2, -0.15) is 0 Å². The van der Waals surface area contributed by atoms with E-state index in [0.29, 0.717) is 17.4 Å². The molecular formula is C14H17ClO2. The zero-order chi connectivity index (χ0) is 12.3. The fourth-order valence-corrected chi connectivity index (χ4v) is 2.21. The van der Waals surface area contributed by atoms with Gasteiger partial charge in [0, 0.05) is 11.4 Å². The molecule has 92 valence electrons. The monoisotopic (exact) mass is 252 g/mol. The number of hydrogen-bond acceptors (Lipinski definition) is 2. The van der Waals surface area contributed by atoms with Gasteiger partial charge < -0.3 is 4.74 Å². The largest absolute Gasteiger partial charge is 0.493 e. The highest BCUT2D eigenvalue weighted by molar-refractivity contribution is 6.30. The molecule has 1 fully saturated rings. The molecule has 2 rings (SSSR count). The second kappa shape index (κ2) is 5.54. The van der Waals surface area contributed by atoms with Crippen molar-refractivity contribution >= 4 is 17.4 Å². The molecule has 0 N–H and O–H groups in total. The van der Waals surface area contributed by atoms with Gasteiger partial charge in [-0.1, -0.05) is 18.0 Å². The van der Waals surface area contributed by atoms with E-state index in [2.05, 4.69) is 0 Å². The minimum absolute atomic E-state index is 0.136. The molecule has 1 aliphatic carbocycles. The molecule has 0 saturated heterocycles. The summed E-state index contributed by atoms with van der Waals surface area (Å²) >= 11 is 6.01. The Balaban J connectivity index is 1.99. The maximum Gasteiger partial charge on any atom is 0.134 e. The van der Waals surface area contributed by atoms with Crippen LogP contribution in [0, 0.1) is 5.92 Å². The second-order valence-electron chi connectivity index (χ2n) is 4.78. The van der Waals surface area contributed by atoms with Crippen molar-refractivity contribution in [2.45, 2.75) is 32.6 Å². The first-order chi connectivity index (χ1) is 8.13. The summed E-state index contributed by atoms with van der Waals surface area (Å²) in [5, 5.41) is 0.632. The fourth-order valence-electron chi connectivity index (χ4n) is 1.97. The molecule has 0 unspecified atom stereocenters. The van der Waals surface area contributed by atoms with E-state index < -0.39 is 0 Å². The Hall–Kier alpha value is -1.02. The molecular weight excluding hydrogens is 236 g/mol. The molecule has 0 spiro atoms. The molecule has 1 aromatic rings. The van der Waals surface area contributed by atoms with E-state index in [1.54, 1.807) is 6.92 Å². The lowest BCUT2D eigenvalue weighted by atomic mass is 9.86. The summed E-state index contributed by atoms with van der Waals surface area (Å²) in [4.78, 5) is 11.1. The summed E-state index contributed by atoms with van der Waals surface area (Å²) in [6, 6.07) is 5.54.